The minimum absolute atomic E-state index is 0.00102. The number of sulfonamides is 1. The van der Waals surface area contributed by atoms with Gasteiger partial charge in [0.2, 0.25) is 10.0 Å². The third-order valence-electron chi connectivity index (χ3n) is 2.71. The van der Waals surface area contributed by atoms with E-state index < -0.39 is 10.0 Å². The first-order chi connectivity index (χ1) is 8.55. The molecule has 0 aromatic heterocycles. The SMILES string of the molecule is N#Cc1cc(N)ccc1S(=O)(=O)N1CCOCC1. The lowest BCUT2D eigenvalue weighted by molar-refractivity contribution is 0.0730. The van der Waals surface area contributed by atoms with E-state index in [1.165, 1.54) is 22.5 Å². The highest BCUT2D eigenvalue weighted by Crippen LogP contribution is 2.22. The van der Waals surface area contributed by atoms with Crippen LogP contribution in [0.2, 0.25) is 0 Å². The molecule has 7 heteroatoms. The lowest BCUT2D eigenvalue weighted by Gasteiger charge is -2.26. The smallest absolute Gasteiger partial charge is 0.244 e. The molecule has 2 N–H and O–H groups in total. The van der Waals surface area contributed by atoms with Crippen molar-refractivity contribution in [3.05, 3.63) is 23.8 Å². The van der Waals surface area contributed by atoms with Crippen LogP contribution < -0.4 is 5.73 Å². The Morgan fingerprint density at radius 1 is 1.33 bits per heavy atom. The second-order valence-electron chi connectivity index (χ2n) is 3.88. The predicted octanol–water partition coefficient (Wildman–Crippen LogP) is 0.161. The van der Waals surface area contributed by atoms with Crippen LogP contribution in [0.5, 0.6) is 0 Å². The maximum Gasteiger partial charge on any atom is 0.244 e. The summed E-state index contributed by atoms with van der Waals surface area (Å²) in [5.74, 6) is 0. The zero-order valence-corrected chi connectivity index (χ0v) is 10.5. The molecule has 2 rings (SSSR count). The Balaban J connectivity index is 2.44. The zero-order valence-electron chi connectivity index (χ0n) is 9.67. The number of nitrogens with two attached hydrogens (primary N) is 1. The first-order valence-electron chi connectivity index (χ1n) is 5.43. The Morgan fingerprint density at radius 2 is 2.00 bits per heavy atom. The van der Waals surface area contributed by atoms with Crippen molar-refractivity contribution in [3.63, 3.8) is 0 Å². The molecule has 1 heterocycles. The summed E-state index contributed by atoms with van der Waals surface area (Å²) in [6.07, 6.45) is 0. The maximum absolute atomic E-state index is 12.4. The fourth-order valence-electron chi connectivity index (χ4n) is 1.79. The van der Waals surface area contributed by atoms with Gasteiger partial charge in [-0.25, -0.2) is 8.42 Å². The van der Waals surface area contributed by atoms with Gasteiger partial charge in [-0.2, -0.15) is 9.57 Å². The number of morpholine rings is 1. The summed E-state index contributed by atoms with van der Waals surface area (Å²) >= 11 is 0. The molecule has 1 saturated heterocycles. The molecule has 0 bridgehead atoms. The molecule has 1 aromatic carbocycles. The Kier molecular flexibility index (Phi) is 3.52. The van der Waals surface area contributed by atoms with Crippen molar-refractivity contribution < 1.29 is 13.2 Å². The highest BCUT2D eigenvalue weighted by atomic mass is 32.2. The van der Waals surface area contributed by atoms with E-state index in [9.17, 15) is 8.42 Å². The van der Waals surface area contributed by atoms with Crippen molar-refractivity contribution >= 4 is 15.7 Å². The number of ether oxygens (including phenoxy) is 1. The average molecular weight is 267 g/mol. The van der Waals surface area contributed by atoms with E-state index >= 15 is 0 Å². The van der Waals surface area contributed by atoms with Gasteiger partial charge < -0.3 is 10.5 Å². The van der Waals surface area contributed by atoms with E-state index in [-0.39, 0.29) is 10.5 Å². The van der Waals surface area contributed by atoms with Crippen LogP contribution in [0.4, 0.5) is 5.69 Å². The summed E-state index contributed by atoms with van der Waals surface area (Å²) in [5, 5.41) is 8.99. The van der Waals surface area contributed by atoms with Crippen LogP contribution in [0.15, 0.2) is 23.1 Å². The monoisotopic (exact) mass is 267 g/mol. The summed E-state index contributed by atoms with van der Waals surface area (Å²) in [7, 11) is -3.65. The quantitative estimate of drug-likeness (QED) is 0.770. The molecule has 0 radical (unpaired) electrons. The third kappa shape index (κ3) is 2.31. The normalized spacial score (nSPS) is 17.3. The number of hydrogen-bond acceptors (Lipinski definition) is 5. The van der Waals surface area contributed by atoms with Crippen LogP contribution >= 0.6 is 0 Å². The summed E-state index contributed by atoms with van der Waals surface area (Å²) in [6, 6.07) is 6.09. The van der Waals surface area contributed by atoms with E-state index in [2.05, 4.69) is 0 Å². The molecule has 1 aliphatic rings. The standard InChI is InChI=1S/C11H13N3O3S/c12-8-9-7-10(13)1-2-11(9)18(15,16)14-3-5-17-6-4-14/h1-2,7H,3-6,13H2. The summed E-state index contributed by atoms with van der Waals surface area (Å²) < 4.78 is 31.2. The van der Waals surface area contributed by atoms with Crippen LogP contribution in [-0.2, 0) is 14.8 Å². The Morgan fingerprint density at radius 3 is 2.61 bits per heavy atom. The topological polar surface area (TPSA) is 96.4 Å². The molecule has 1 fully saturated rings. The van der Waals surface area contributed by atoms with E-state index in [0.29, 0.717) is 32.0 Å². The number of benzene rings is 1. The van der Waals surface area contributed by atoms with Gasteiger partial charge in [-0.05, 0) is 18.2 Å². The fourth-order valence-corrected chi connectivity index (χ4v) is 3.32. The molecular weight excluding hydrogens is 254 g/mol. The van der Waals surface area contributed by atoms with Crippen molar-refractivity contribution in [3.8, 4) is 6.07 Å². The van der Waals surface area contributed by atoms with Crippen molar-refractivity contribution in [2.45, 2.75) is 4.90 Å². The molecule has 18 heavy (non-hydrogen) atoms. The van der Waals surface area contributed by atoms with Gasteiger partial charge in [0.15, 0.2) is 0 Å². The molecule has 0 saturated carbocycles. The minimum atomic E-state index is -3.65. The molecule has 1 aromatic rings. The predicted molar refractivity (Wildman–Crippen MR) is 65.1 cm³/mol. The zero-order chi connectivity index (χ0) is 13.2. The van der Waals surface area contributed by atoms with Crippen LogP contribution in [0.25, 0.3) is 0 Å². The van der Waals surface area contributed by atoms with E-state index in [4.69, 9.17) is 15.7 Å². The van der Waals surface area contributed by atoms with Gasteiger partial charge >= 0.3 is 0 Å². The van der Waals surface area contributed by atoms with Gasteiger partial charge in [0, 0.05) is 18.8 Å². The number of nitriles is 1. The lowest BCUT2D eigenvalue weighted by atomic mass is 10.2. The van der Waals surface area contributed by atoms with E-state index in [0.717, 1.165) is 0 Å². The molecule has 0 amide bonds. The largest absolute Gasteiger partial charge is 0.399 e. The Bertz CT molecular complexity index is 586. The lowest BCUT2D eigenvalue weighted by Crippen LogP contribution is -2.40. The van der Waals surface area contributed by atoms with Crippen molar-refractivity contribution in [1.82, 2.24) is 4.31 Å². The van der Waals surface area contributed by atoms with Gasteiger partial charge in [-0.1, -0.05) is 0 Å². The number of anilines is 1. The molecule has 0 atom stereocenters. The third-order valence-corrected chi connectivity index (χ3v) is 4.67. The van der Waals surface area contributed by atoms with Crippen molar-refractivity contribution in [2.24, 2.45) is 0 Å². The van der Waals surface area contributed by atoms with Gasteiger partial charge in [0.1, 0.15) is 11.0 Å². The van der Waals surface area contributed by atoms with Gasteiger partial charge in [0.25, 0.3) is 0 Å². The van der Waals surface area contributed by atoms with Crippen molar-refractivity contribution in [2.75, 3.05) is 32.0 Å². The second-order valence-corrected chi connectivity index (χ2v) is 5.79. The van der Waals surface area contributed by atoms with Crippen LogP contribution in [0.3, 0.4) is 0 Å². The molecule has 0 spiro atoms. The van der Waals surface area contributed by atoms with E-state index in [1.54, 1.807) is 0 Å². The molecular formula is C11H13N3O3S. The van der Waals surface area contributed by atoms with Crippen LogP contribution in [-0.4, -0.2) is 39.0 Å². The number of nitrogens with zero attached hydrogens (tertiary/aromatic N) is 2. The second kappa shape index (κ2) is 4.94. The molecule has 6 nitrogen and oxygen atoms in total. The highest BCUT2D eigenvalue weighted by molar-refractivity contribution is 7.89. The number of rotatable bonds is 2. The van der Waals surface area contributed by atoms with Gasteiger partial charge in [-0.3, -0.25) is 0 Å². The van der Waals surface area contributed by atoms with Crippen LogP contribution in [0.1, 0.15) is 5.56 Å². The van der Waals surface area contributed by atoms with Crippen molar-refractivity contribution in [1.29, 1.82) is 5.26 Å². The van der Waals surface area contributed by atoms with Gasteiger partial charge in [-0.15, -0.1) is 0 Å². The first-order valence-corrected chi connectivity index (χ1v) is 6.87. The van der Waals surface area contributed by atoms with E-state index in [1.807, 2.05) is 6.07 Å². The molecule has 96 valence electrons. The number of nitrogen functional groups attached to an aromatic ring is 1. The summed E-state index contributed by atoms with van der Waals surface area (Å²) in [5.41, 5.74) is 5.98. The summed E-state index contributed by atoms with van der Waals surface area (Å²) in [6.45, 7) is 1.35. The summed E-state index contributed by atoms with van der Waals surface area (Å²) in [4.78, 5) is 0.00102. The minimum Gasteiger partial charge on any atom is -0.399 e. The first kappa shape index (κ1) is 12.8. The van der Waals surface area contributed by atoms with Crippen LogP contribution in [0, 0.1) is 11.3 Å². The molecule has 1 aliphatic heterocycles. The Hall–Kier alpha value is -1.62. The fraction of sp³-hybridized carbons (Fsp3) is 0.364. The van der Waals surface area contributed by atoms with Gasteiger partial charge in [0.05, 0.1) is 18.8 Å². The molecule has 0 unspecified atom stereocenters. The highest BCUT2D eigenvalue weighted by Gasteiger charge is 2.28. The molecule has 0 aliphatic carbocycles. The Labute approximate surface area is 106 Å². The maximum atomic E-state index is 12.4. The number of hydrogen-bond donors (Lipinski definition) is 1. The average Bonchev–Trinajstić information content (AvgIpc) is 2.39.